The molecule has 4 nitrogen and oxygen atoms in total. The van der Waals surface area contributed by atoms with E-state index in [0.717, 1.165) is 5.56 Å². The van der Waals surface area contributed by atoms with E-state index in [1.54, 1.807) is 60.7 Å². The molecule has 4 rings (SSSR count). The lowest BCUT2D eigenvalue weighted by molar-refractivity contribution is 0.0733. The normalized spacial score (nSPS) is 13.9. The summed E-state index contributed by atoms with van der Waals surface area (Å²) < 4.78 is 11.7. The first-order valence-corrected chi connectivity index (χ1v) is 9.49. The van der Waals surface area contributed by atoms with Crippen LogP contribution in [-0.2, 0) is 0 Å². The van der Waals surface area contributed by atoms with E-state index in [-0.39, 0.29) is 11.5 Å². The average Bonchev–Trinajstić information content (AvgIpc) is 2.99. The number of halogens is 2. The maximum atomic E-state index is 12.5. The minimum Gasteiger partial charge on any atom is -0.452 e. The molecule has 1 aliphatic rings. The quantitative estimate of drug-likeness (QED) is 0.279. The standard InChI is InChI=1S/C22H12BrClO4/c23-18-4-2-1-3-16(18)22(26)27-15-9-10-17-19(12-15)28-20(21(17)25)11-13-5-7-14(24)8-6-13/h1-12H. The molecule has 0 atom stereocenters. The molecule has 0 saturated heterocycles. The van der Waals surface area contributed by atoms with Gasteiger partial charge in [0.25, 0.3) is 0 Å². The second kappa shape index (κ2) is 7.62. The highest BCUT2D eigenvalue weighted by Gasteiger charge is 2.28. The van der Waals surface area contributed by atoms with Crippen molar-refractivity contribution in [1.82, 2.24) is 0 Å². The van der Waals surface area contributed by atoms with E-state index in [4.69, 9.17) is 21.1 Å². The van der Waals surface area contributed by atoms with Gasteiger partial charge in [-0.25, -0.2) is 4.79 Å². The van der Waals surface area contributed by atoms with Crippen LogP contribution in [0.1, 0.15) is 26.3 Å². The van der Waals surface area contributed by atoms with Crippen molar-refractivity contribution in [2.45, 2.75) is 0 Å². The molecule has 1 aliphatic heterocycles. The number of fused-ring (bicyclic) bond motifs is 1. The van der Waals surface area contributed by atoms with Crippen LogP contribution < -0.4 is 9.47 Å². The molecule has 6 heteroatoms. The van der Waals surface area contributed by atoms with E-state index in [2.05, 4.69) is 15.9 Å². The Kier molecular flexibility index (Phi) is 5.03. The van der Waals surface area contributed by atoms with E-state index in [1.165, 1.54) is 6.07 Å². The third kappa shape index (κ3) is 3.72. The number of ether oxygens (including phenoxy) is 2. The van der Waals surface area contributed by atoms with Crippen LogP contribution >= 0.6 is 27.5 Å². The highest BCUT2D eigenvalue weighted by Crippen LogP contribution is 2.35. The second-order valence-corrected chi connectivity index (χ2v) is 7.31. The molecule has 0 fully saturated rings. The molecular weight excluding hydrogens is 444 g/mol. The number of allylic oxidation sites excluding steroid dienone is 1. The highest BCUT2D eigenvalue weighted by atomic mass is 79.9. The molecule has 0 radical (unpaired) electrons. The Morgan fingerprint density at radius 1 is 1.04 bits per heavy atom. The summed E-state index contributed by atoms with van der Waals surface area (Å²) in [6, 6.07) is 18.7. The second-order valence-electron chi connectivity index (χ2n) is 6.02. The summed E-state index contributed by atoms with van der Waals surface area (Å²) in [6.07, 6.45) is 1.64. The van der Waals surface area contributed by atoms with Gasteiger partial charge in [0, 0.05) is 15.6 Å². The number of esters is 1. The lowest BCUT2D eigenvalue weighted by Crippen LogP contribution is -2.09. The summed E-state index contributed by atoms with van der Waals surface area (Å²) in [4.78, 5) is 24.9. The van der Waals surface area contributed by atoms with Gasteiger partial charge in [0.05, 0.1) is 11.1 Å². The fourth-order valence-electron chi connectivity index (χ4n) is 2.73. The molecule has 1 heterocycles. The van der Waals surface area contributed by atoms with Crippen molar-refractivity contribution in [2.24, 2.45) is 0 Å². The van der Waals surface area contributed by atoms with Crippen molar-refractivity contribution in [3.8, 4) is 11.5 Å². The average molecular weight is 456 g/mol. The van der Waals surface area contributed by atoms with Crippen LogP contribution in [0.2, 0.25) is 5.02 Å². The van der Waals surface area contributed by atoms with Gasteiger partial charge in [-0.05, 0) is 64.0 Å². The first-order valence-electron chi connectivity index (χ1n) is 8.32. The van der Waals surface area contributed by atoms with E-state index >= 15 is 0 Å². The SMILES string of the molecule is O=C(Oc1ccc2c(c1)OC(=Cc1ccc(Cl)cc1)C2=O)c1ccccc1Br. The Labute approximate surface area is 174 Å². The molecule has 0 bridgehead atoms. The number of benzene rings is 3. The van der Waals surface area contributed by atoms with Crippen LogP contribution in [0.3, 0.4) is 0 Å². The minimum absolute atomic E-state index is 0.201. The van der Waals surface area contributed by atoms with Gasteiger partial charge in [-0.2, -0.15) is 0 Å². The molecule has 0 amide bonds. The van der Waals surface area contributed by atoms with Crippen LogP contribution in [0.15, 0.2) is 77.0 Å². The highest BCUT2D eigenvalue weighted by molar-refractivity contribution is 9.10. The van der Waals surface area contributed by atoms with Gasteiger partial charge in [0.15, 0.2) is 5.76 Å². The largest absolute Gasteiger partial charge is 0.452 e. The fraction of sp³-hybridized carbons (Fsp3) is 0. The monoisotopic (exact) mass is 454 g/mol. The maximum absolute atomic E-state index is 12.5. The van der Waals surface area contributed by atoms with Crippen molar-refractivity contribution in [3.63, 3.8) is 0 Å². The molecule has 0 aliphatic carbocycles. The molecule has 0 spiro atoms. The van der Waals surface area contributed by atoms with Gasteiger partial charge in [-0.15, -0.1) is 0 Å². The minimum atomic E-state index is -0.506. The Balaban J connectivity index is 1.56. The number of carbonyl (C=O) groups is 2. The van der Waals surface area contributed by atoms with Gasteiger partial charge in [0.2, 0.25) is 5.78 Å². The number of carbonyl (C=O) groups excluding carboxylic acids is 2. The predicted octanol–water partition coefficient (Wildman–Crippen LogP) is 5.94. The first-order chi connectivity index (χ1) is 13.5. The molecule has 138 valence electrons. The Bertz CT molecular complexity index is 1120. The van der Waals surface area contributed by atoms with Crippen LogP contribution in [-0.4, -0.2) is 11.8 Å². The number of hydrogen-bond donors (Lipinski definition) is 0. The van der Waals surface area contributed by atoms with Gasteiger partial charge >= 0.3 is 5.97 Å². The van der Waals surface area contributed by atoms with Gasteiger partial charge in [-0.3, -0.25) is 4.79 Å². The zero-order chi connectivity index (χ0) is 19.7. The summed E-state index contributed by atoms with van der Waals surface area (Å²) in [5.41, 5.74) is 1.62. The third-order valence-electron chi connectivity index (χ3n) is 4.11. The Hall–Kier alpha value is -2.89. The zero-order valence-corrected chi connectivity index (χ0v) is 16.7. The zero-order valence-electron chi connectivity index (χ0n) is 14.3. The molecule has 0 aromatic heterocycles. The summed E-state index contributed by atoms with van der Waals surface area (Å²) in [7, 11) is 0. The molecule has 28 heavy (non-hydrogen) atoms. The van der Waals surface area contributed by atoms with Crippen LogP contribution in [0.5, 0.6) is 11.5 Å². The first kappa shape index (κ1) is 18.5. The van der Waals surface area contributed by atoms with Gasteiger partial charge < -0.3 is 9.47 Å². The van der Waals surface area contributed by atoms with Crippen molar-refractivity contribution in [1.29, 1.82) is 0 Å². The Morgan fingerprint density at radius 2 is 1.79 bits per heavy atom. The molecule has 0 unspecified atom stereocenters. The van der Waals surface area contributed by atoms with Crippen LogP contribution in [0.25, 0.3) is 6.08 Å². The molecule has 3 aromatic carbocycles. The van der Waals surface area contributed by atoms with E-state index in [9.17, 15) is 9.59 Å². The van der Waals surface area contributed by atoms with Crippen molar-refractivity contribution in [3.05, 3.63) is 98.7 Å². The van der Waals surface area contributed by atoms with Gasteiger partial charge in [0.1, 0.15) is 11.5 Å². The summed E-state index contributed by atoms with van der Waals surface area (Å²) in [5.74, 6) is 0.108. The number of ketones is 1. The smallest absolute Gasteiger partial charge is 0.344 e. The lowest BCUT2D eigenvalue weighted by Gasteiger charge is -2.06. The number of rotatable bonds is 3. The molecule has 0 N–H and O–H groups in total. The van der Waals surface area contributed by atoms with Crippen molar-refractivity contribution in [2.75, 3.05) is 0 Å². The molecular formula is C22H12BrClO4. The van der Waals surface area contributed by atoms with E-state index in [1.807, 2.05) is 6.07 Å². The number of hydrogen-bond acceptors (Lipinski definition) is 4. The van der Waals surface area contributed by atoms with Crippen molar-refractivity contribution < 1.29 is 19.1 Å². The van der Waals surface area contributed by atoms with Crippen LogP contribution in [0, 0.1) is 0 Å². The van der Waals surface area contributed by atoms with E-state index < -0.39 is 5.97 Å². The van der Waals surface area contributed by atoms with E-state index in [0.29, 0.717) is 32.1 Å². The Morgan fingerprint density at radius 3 is 2.54 bits per heavy atom. The van der Waals surface area contributed by atoms with Crippen LogP contribution in [0.4, 0.5) is 0 Å². The predicted molar refractivity (Wildman–Crippen MR) is 110 cm³/mol. The maximum Gasteiger partial charge on any atom is 0.344 e. The third-order valence-corrected chi connectivity index (χ3v) is 5.06. The summed E-state index contributed by atoms with van der Waals surface area (Å²) >= 11 is 9.21. The van der Waals surface area contributed by atoms with Crippen molar-refractivity contribution >= 4 is 45.4 Å². The fourth-order valence-corrected chi connectivity index (χ4v) is 3.30. The summed E-state index contributed by atoms with van der Waals surface area (Å²) in [5, 5.41) is 0.612. The molecule has 0 saturated carbocycles. The number of Topliss-reactive ketones (excluding diaryl/α,β-unsaturated/α-hetero) is 1. The van der Waals surface area contributed by atoms with Gasteiger partial charge in [-0.1, -0.05) is 35.9 Å². The lowest BCUT2D eigenvalue weighted by atomic mass is 10.1. The summed E-state index contributed by atoms with van der Waals surface area (Å²) in [6.45, 7) is 0. The topological polar surface area (TPSA) is 52.6 Å². The molecule has 3 aromatic rings.